The molecule has 2 aliphatic rings. The molecule has 0 saturated carbocycles. The van der Waals surface area contributed by atoms with E-state index in [2.05, 4.69) is 4.90 Å². The summed E-state index contributed by atoms with van der Waals surface area (Å²) < 4.78 is 38.9. The second kappa shape index (κ2) is 11.8. The van der Waals surface area contributed by atoms with Gasteiger partial charge in [0.25, 0.3) is 5.91 Å². The number of halogens is 1. The number of anilines is 1. The number of thiazole rings is 1. The van der Waals surface area contributed by atoms with Crippen LogP contribution in [0.2, 0.25) is 5.02 Å². The summed E-state index contributed by atoms with van der Waals surface area (Å²) >= 11 is 7.86. The molecular weight excluding hydrogens is 578 g/mol. The molecular formula is C26H30ClN5O6S2. The summed E-state index contributed by atoms with van der Waals surface area (Å²) in [6.45, 7) is 5.11. The van der Waals surface area contributed by atoms with Gasteiger partial charge in [-0.1, -0.05) is 22.9 Å². The third-order valence-electron chi connectivity index (χ3n) is 7.01. The van der Waals surface area contributed by atoms with Crippen LogP contribution in [0.3, 0.4) is 0 Å². The van der Waals surface area contributed by atoms with Crippen molar-refractivity contribution in [2.24, 2.45) is 0 Å². The number of carbonyl (C=O) groups is 2. The first-order valence-corrected chi connectivity index (χ1v) is 15.6. The number of hydrogen-bond donors (Lipinski definition) is 0. The zero-order chi connectivity index (χ0) is 28.4. The van der Waals surface area contributed by atoms with Crippen LogP contribution in [-0.4, -0.2) is 106 Å². The van der Waals surface area contributed by atoms with Gasteiger partial charge >= 0.3 is 6.09 Å². The molecule has 0 unspecified atom stereocenters. The molecule has 14 heteroatoms. The lowest BCUT2D eigenvalue weighted by molar-refractivity contribution is 0.0746. The summed E-state index contributed by atoms with van der Waals surface area (Å²) in [5, 5.41) is 1.45. The molecule has 0 aliphatic carbocycles. The van der Waals surface area contributed by atoms with Crippen molar-refractivity contribution in [1.82, 2.24) is 19.1 Å². The maximum Gasteiger partial charge on any atom is 0.409 e. The molecule has 11 nitrogen and oxygen atoms in total. The van der Waals surface area contributed by atoms with Crippen LogP contribution < -0.4 is 9.64 Å². The van der Waals surface area contributed by atoms with Crippen LogP contribution in [0, 0.1) is 0 Å². The quantitative estimate of drug-likeness (QED) is 0.419. The van der Waals surface area contributed by atoms with Crippen molar-refractivity contribution >= 4 is 60.3 Å². The molecule has 0 radical (unpaired) electrons. The average molecular weight is 608 g/mol. The summed E-state index contributed by atoms with van der Waals surface area (Å²) in [5.74, 6) is 0.515. The maximum absolute atomic E-state index is 13.2. The molecule has 3 aromatic rings. The zero-order valence-corrected chi connectivity index (χ0v) is 24.6. The van der Waals surface area contributed by atoms with Gasteiger partial charge in [-0.3, -0.25) is 4.79 Å². The maximum atomic E-state index is 13.2. The third-order valence-corrected chi connectivity index (χ3v) is 10.5. The molecule has 2 aromatic carbocycles. The summed E-state index contributed by atoms with van der Waals surface area (Å²) in [5.41, 5.74) is 1.15. The predicted octanol–water partition coefficient (Wildman–Crippen LogP) is 3.38. The summed E-state index contributed by atoms with van der Waals surface area (Å²) in [4.78, 5) is 35.3. The van der Waals surface area contributed by atoms with Gasteiger partial charge in [0, 0.05) is 57.9 Å². The van der Waals surface area contributed by atoms with Crippen molar-refractivity contribution in [3.8, 4) is 5.75 Å². The van der Waals surface area contributed by atoms with Gasteiger partial charge in [-0.25, -0.2) is 18.2 Å². The van der Waals surface area contributed by atoms with E-state index in [1.165, 1.54) is 32.7 Å². The molecule has 2 fully saturated rings. The van der Waals surface area contributed by atoms with Crippen molar-refractivity contribution < 1.29 is 27.5 Å². The van der Waals surface area contributed by atoms with Gasteiger partial charge in [0.05, 0.1) is 28.3 Å². The summed E-state index contributed by atoms with van der Waals surface area (Å²) in [7, 11) is -2.15. The van der Waals surface area contributed by atoms with Crippen LogP contribution in [0.4, 0.5) is 9.93 Å². The average Bonchev–Trinajstić information content (AvgIpc) is 3.44. The standard InChI is InChI=1S/C26H30ClN5O6S2/c1-3-38-26(34)31-14-16-32(17-15-31)40(35,36)19-6-4-18(5-7-19)24(33)29-10-12-30(13-11-29)25-28-22-21(37-2)9-8-20(27)23(22)39-25/h4-9H,3,10-17H2,1-2H3. The van der Waals surface area contributed by atoms with Crippen LogP contribution in [0.5, 0.6) is 5.75 Å². The monoisotopic (exact) mass is 607 g/mol. The number of aromatic nitrogens is 1. The second-order valence-electron chi connectivity index (χ2n) is 9.32. The third kappa shape index (κ3) is 5.55. The van der Waals surface area contributed by atoms with Gasteiger partial charge in [0.2, 0.25) is 10.0 Å². The van der Waals surface area contributed by atoms with E-state index in [-0.39, 0.29) is 43.6 Å². The Morgan fingerprint density at radius 3 is 2.23 bits per heavy atom. The lowest BCUT2D eigenvalue weighted by atomic mass is 10.2. The normalized spacial score (nSPS) is 16.8. The highest BCUT2D eigenvalue weighted by atomic mass is 35.5. The number of hydrogen-bond acceptors (Lipinski definition) is 9. The van der Waals surface area contributed by atoms with Gasteiger partial charge in [-0.05, 0) is 43.3 Å². The fourth-order valence-corrected chi connectivity index (χ4v) is 7.50. The van der Waals surface area contributed by atoms with Crippen LogP contribution in [0.1, 0.15) is 17.3 Å². The number of fused-ring (bicyclic) bond motifs is 1. The van der Waals surface area contributed by atoms with Crippen LogP contribution in [0.25, 0.3) is 10.2 Å². The molecule has 40 heavy (non-hydrogen) atoms. The van der Waals surface area contributed by atoms with Gasteiger partial charge in [-0.15, -0.1) is 0 Å². The number of piperazine rings is 2. The van der Waals surface area contributed by atoms with Crippen LogP contribution in [-0.2, 0) is 14.8 Å². The lowest BCUT2D eigenvalue weighted by Gasteiger charge is -2.34. The van der Waals surface area contributed by atoms with Gasteiger partial charge in [-0.2, -0.15) is 4.31 Å². The van der Waals surface area contributed by atoms with Crippen molar-refractivity contribution in [3.05, 3.63) is 47.0 Å². The fraction of sp³-hybridized carbons (Fsp3) is 0.423. The Hall–Kier alpha value is -3.13. The minimum atomic E-state index is -3.75. The zero-order valence-electron chi connectivity index (χ0n) is 22.2. The van der Waals surface area contributed by atoms with Crippen LogP contribution >= 0.6 is 22.9 Å². The largest absolute Gasteiger partial charge is 0.494 e. The number of rotatable bonds is 6. The van der Waals surface area contributed by atoms with Crippen molar-refractivity contribution in [1.29, 1.82) is 0 Å². The molecule has 1 aromatic heterocycles. The number of amides is 2. The SMILES string of the molecule is CCOC(=O)N1CCN(S(=O)(=O)c2ccc(C(=O)N3CCN(c4nc5c(OC)ccc(Cl)c5s4)CC3)cc2)CC1. The Morgan fingerprint density at radius 2 is 1.60 bits per heavy atom. The first-order chi connectivity index (χ1) is 19.2. The molecule has 214 valence electrons. The van der Waals surface area contributed by atoms with E-state index in [4.69, 9.17) is 26.1 Å². The number of benzene rings is 2. The van der Waals surface area contributed by atoms with Gasteiger partial charge < -0.3 is 24.2 Å². The van der Waals surface area contributed by atoms with E-state index >= 15 is 0 Å². The highest BCUT2D eigenvalue weighted by Gasteiger charge is 2.31. The minimum absolute atomic E-state index is 0.114. The van der Waals surface area contributed by atoms with Crippen molar-refractivity contribution in [2.45, 2.75) is 11.8 Å². The van der Waals surface area contributed by atoms with E-state index < -0.39 is 16.1 Å². The number of carbonyl (C=O) groups excluding carboxylic acids is 2. The summed E-state index contributed by atoms with van der Waals surface area (Å²) in [6.07, 6.45) is -0.437. The Labute approximate surface area is 241 Å². The number of ether oxygens (including phenoxy) is 2. The molecule has 2 amide bonds. The Bertz CT molecular complexity index is 1500. The van der Waals surface area contributed by atoms with Gasteiger partial charge in [0.15, 0.2) is 5.13 Å². The molecule has 0 atom stereocenters. The van der Waals surface area contributed by atoms with Crippen LogP contribution in [0.15, 0.2) is 41.3 Å². The van der Waals surface area contributed by atoms with E-state index in [1.54, 1.807) is 43.2 Å². The smallest absolute Gasteiger partial charge is 0.409 e. The molecule has 0 spiro atoms. The van der Waals surface area contributed by atoms with E-state index in [1.807, 2.05) is 0 Å². The highest BCUT2D eigenvalue weighted by molar-refractivity contribution is 7.89. The second-order valence-corrected chi connectivity index (χ2v) is 12.6. The Morgan fingerprint density at radius 1 is 0.950 bits per heavy atom. The number of nitrogens with zero attached hydrogens (tertiary/aromatic N) is 5. The molecule has 5 rings (SSSR count). The predicted molar refractivity (Wildman–Crippen MR) is 153 cm³/mol. The fourth-order valence-electron chi connectivity index (χ4n) is 4.77. The van der Waals surface area contributed by atoms with Crippen molar-refractivity contribution in [3.63, 3.8) is 0 Å². The molecule has 3 heterocycles. The van der Waals surface area contributed by atoms with E-state index in [9.17, 15) is 18.0 Å². The molecule has 0 bridgehead atoms. The Kier molecular flexibility index (Phi) is 8.36. The topological polar surface area (TPSA) is 113 Å². The van der Waals surface area contributed by atoms with Crippen molar-refractivity contribution in [2.75, 3.05) is 71.0 Å². The first-order valence-electron chi connectivity index (χ1n) is 12.9. The summed E-state index contributed by atoms with van der Waals surface area (Å²) in [6, 6.07) is 9.64. The number of sulfonamides is 1. The molecule has 0 N–H and O–H groups in total. The molecule has 2 aliphatic heterocycles. The highest BCUT2D eigenvalue weighted by Crippen LogP contribution is 2.39. The lowest BCUT2D eigenvalue weighted by Crippen LogP contribution is -2.50. The van der Waals surface area contributed by atoms with E-state index in [0.29, 0.717) is 42.5 Å². The Balaban J connectivity index is 1.19. The van der Waals surface area contributed by atoms with E-state index in [0.717, 1.165) is 15.3 Å². The minimum Gasteiger partial charge on any atom is -0.494 e. The first kappa shape index (κ1) is 28.4. The number of methoxy groups -OCH3 is 1. The van der Waals surface area contributed by atoms with Gasteiger partial charge in [0.1, 0.15) is 11.3 Å². The molecule has 2 saturated heterocycles.